The molecule has 0 aliphatic rings. The van der Waals surface area contributed by atoms with Gasteiger partial charge in [0.25, 0.3) is 0 Å². The number of unbranched alkanes of at least 4 members (excludes halogenated alkanes) is 1. The van der Waals surface area contributed by atoms with Crippen molar-refractivity contribution in [2.24, 2.45) is 0 Å². The number of ether oxygens (including phenoxy) is 4. The van der Waals surface area contributed by atoms with E-state index < -0.39 is 17.9 Å². The molecule has 0 bridgehead atoms. The van der Waals surface area contributed by atoms with Crippen molar-refractivity contribution in [2.75, 3.05) is 33.0 Å². The number of hydrogen-bond donors (Lipinski definition) is 2. The van der Waals surface area contributed by atoms with Crippen LogP contribution in [-0.2, 0) is 18.9 Å². The largest absolute Gasteiger partial charge is 0.519 e. The van der Waals surface area contributed by atoms with E-state index in [9.17, 15) is 9.59 Å². The first-order valence-electron chi connectivity index (χ1n) is 7.13. The summed E-state index contributed by atoms with van der Waals surface area (Å²) in [6.07, 6.45) is -0.412. The average Bonchev–Trinajstić information content (AvgIpc) is 2.38. The summed E-state index contributed by atoms with van der Waals surface area (Å²) < 4.78 is 18.2. The Morgan fingerprint density at radius 3 is 1.91 bits per heavy atom. The van der Waals surface area contributed by atoms with Crippen LogP contribution in [0.1, 0.15) is 40.5 Å². The summed E-state index contributed by atoms with van der Waals surface area (Å²) in [5, 5.41) is 16.2. The minimum Gasteiger partial charge on any atom is -0.434 e. The highest BCUT2D eigenvalue weighted by Crippen LogP contribution is 2.08. The van der Waals surface area contributed by atoms with Crippen LogP contribution in [0.4, 0.5) is 9.59 Å². The number of aliphatic hydroxyl groups is 2. The Labute approximate surface area is 131 Å². The van der Waals surface area contributed by atoms with E-state index in [2.05, 4.69) is 14.2 Å². The average molecular weight is 324 g/mol. The number of rotatable bonds is 7. The highest BCUT2D eigenvalue weighted by molar-refractivity contribution is 5.77. The first-order chi connectivity index (χ1) is 10.3. The molecule has 0 aliphatic heterocycles. The van der Waals surface area contributed by atoms with E-state index in [1.54, 1.807) is 20.8 Å². The molecule has 8 heteroatoms. The van der Waals surface area contributed by atoms with E-state index in [4.69, 9.17) is 14.9 Å². The maximum absolute atomic E-state index is 11.0. The van der Waals surface area contributed by atoms with Crippen molar-refractivity contribution in [3.8, 4) is 0 Å². The third-order valence-corrected chi connectivity index (χ3v) is 1.75. The van der Waals surface area contributed by atoms with Gasteiger partial charge in [-0.2, -0.15) is 0 Å². The van der Waals surface area contributed by atoms with Crippen LogP contribution in [0.5, 0.6) is 0 Å². The number of carbonyl (C=O) groups is 2. The molecule has 0 aromatic carbocycles. The van der Waals surface area contributed by atoms with Crippen molar-refractivity contribution in [3.63, 3.8) is 0 Å². The topological polar surface area (TPSA) is 112 Å². The molecular formula is C14H28O8. The quantitative estimate of drug-likeness (QED) is 0.415. The summed E-state index contributed by atoms with van der Waals surface area (Å²) in [5.41, 5.74) is -0.680. The van der Waals surface area contributed by atoms with E-state index >= 15 is 0 Å². The second-order valence-corrected chi connectivity index (χ2v) is 5.08. The van der Waals surface area contributed by atoms with Crippen LogP contribution in [0.25, 0.3) is 0 Å². The van der Waals surface area contributed by atoms with Crippen molar-refractivity contribution < 1.29 is 38.7 Å². The summed E-state index contributed by atoms with van der Waals surface area (Å²) in [6, 6.07) is 0. The molecule has 0 atom stereocenters. The van der Waals surface area contributed by atoms with Crippen LogP contribution in [-0.4, -0.2) is 61.2 Å². The minimum absolute atomic E-state index is 0.0278. The Balaban J connectivity index is 0. The van der Waals surface area contributed by atoms with Crippen LogP contribution in [0.15, 0.2) is 0 Å². The molecule has 0 spiro atoms. The lowest BCUT2D eigenvalue weighted by Gasteiger charge is -2.17. The van der Waals surface area contributed by atoms with Crippen molar-refractivity contribution in [1.82, 2.24) is 0 Å². The number of hydrogen-bond acceptors (Lipinski definition) is 8. The fourth-order valence-corrected chi connectivity index (χ4v) is 0.899. The molecule has 132 valence electrons. The maximum atomic E-state index is 11.0. The predicted octanol–water partition coefficient (Wildman–Crippen LogP) is 1.86. The Morgan fingerprint density at radius 2 is 1.50 bits per heavy atom. The van der Waals surface area contributed by atoms with Crippen molar-refractivity contribution >= 4 is 12.3 Å². The Kier molecular flexibility index (Phi) is 15.1. The molecule has 0 unspecified atom stereocenters. The molecule has 0 saturated carbocycles. The van der Waals surface area contributed by atoms with Gasteiger partial charge in [0.2, 0.25) is 0 Å². The van der Waals surface area contributed by atoms with E-state index in [0.29, 0.717) is 13.2 Å². The fraction of sp³-hybridized carbons (Fsp3) is 0.857. The van der Waals surface area contributed by atoms with Crippen LogP contribution < -0.4 is 0 Å². The maximum Gasteiger partial charge on any atom is 0.519 e. The zero-order valence-electron chi connectivity index (χ0n) is 13.8. The lowest BCUT2D eigenvalue weighted by molar-refractivity contribution is -0.00777. The first kappa shape index (κ1) is 22.9. The minimum atomic E-state index is -1.04. The van der Waals surface area contributed by atoms with E-state index in [0.717, 1.165) is 12.8 Å². The van der Waals surface area contributed by atoms with E-state index in [-0.39, 0.29) is 19.8 Å². The lowest BCUT2D eigenvalue weighted by Crippen LogP contribution is -2.26. The second kappa shape index (κ2) is 14.6. The molecule has 0 saturated heterocycles. The summed E-state index contributed by atoms with van der Waals surface area (Å²) in [4.78, 5) is 21.8. The molecular weight excluding hydrogens is 296 g/mol. The SMILES string of the molecule is CCCCOC(=O)OC(=O)OC(C)(C)C.OCCOCCO. The van der Waals surface area contributed by atoms with E-state index in [1.807, 2.05) is 6.92 Å². The van der Waals surface area contributed by atoms with Gasteiger partial charge in [-0.1, -0.05) is 13.3 Å². The third-order valence-electron chi connectivity index (χ3n) is 1.75. The molecule has 0 fully saturated rings. The molecule has 0 aliphatic carbocycles. The zero-order valence-corrected chi connectivity index (χ0v) is 13.8. The summed E-state index contributed by atoms with van der Waals surface area (Å²) in [7, 11) is 0. The second-order valence-electron chi connectivity index (χ2n) is 5.08. The van der Waals surface area contributed by atoms with Crippen molar-refractivity contribution in [3.05, 3.63) is 0 Å². The van der Waals surface area contributed by atoms with Gasteiger partial charge in [-0.15, -0.1) is 0 Å². The first-order valence-corrected chi connectivity index (χ1v) is 7.13. The van der Waals surface area contributed by atoms with Crippen molar-refractivity contribution in [1.29, 1.82) is 0 Å². The summed E-state index contributed by atoms with van der Waals surface area (Å²) in [5.74, 6) is 0. The third kappa shape index (κ3) is 20.9. The van der Waals surface area contributed by atoms with Gasteiger partial charge in [0.1, 0.15) is 5.60 Å². The zero-order chi connectivity index (χ0) is 17.4. The van der Waals surface area contributed by atoms with Crippen LogP contribution in [0.3, 0.4) is 0 Å². The molecule has 0 amide bonds. The Hall–Kier alpha value is -1.38. The van der Waals surface area contributed by atoms with Crippen LogP contribution in [0, 0.1) is 0 Å². The molecule has 0 rings (SSSR count). The highest BCUT2D eigenvalue weighted by Gasteiger charge is 2.20. The molecule has 8 nitrogen and oxygen atoms in total. The molecule has 0 aromatic heterocycles. The van der Waals surface area contributed by atoms with Gasteiger partial charge in [0.15, 0.2) is 0 Å². The van der Waals surface area contributed by atoms with Gasteiger partial charge in [0.05, 0.1) is 33.0 Å². The number of aliphatic hydroxyl groups excluding tert-OH is 2. The number of carbonyl (C=O) groups excluding carboxylic acids is 2. The normalized spacial score (nSPS) is 10.3. The highest BCUT2D eigenvalue weighted by atomic mass is 16.8. The van der Waals surface area contributed by atoms with Gasteiger partial charge in [-0.05, 0) is 27.2 Å². The smallest absolute Gasteiger partial charge is 0.434 e. The summed E-state index contributed by atoms with van der Waals surface area (Å²) >= 11 is 0. The van der Waals surface area contributed by atoms with Crippen LogP contribution in [0.2, 0.25) is 0 Å². The Bertz CT molecular complexity index is 281. The van der Waals surface area contributed by atoms with Gasteiger partial charge >= 0.3 is 12.3 Å². The van der Waals surface area contributed by atoms with Gasteiger partial charge in [-0.3, -0.25) is 0 Å². The fourth-order valence-electron chi connectivity index (χ4n) is 0.899. The molecule has 2 N–H and O–H groups in total. The van der Waals surface area contributed by atoms with Crippen LogP contribution >= 0.6 is 0 Å². The molecule has 0 radical (unpaired) electrons. The lowest BCUT2D eigenvalue weighted by atomic mass is 10.2. The van der Waals surface area contributed by atoms with E-state index in [1.165, 1.54) is 0 Å². The van der Waals surface area contributed by atoms with Crippen molar-refractivity contribution in [2.45, 2.75) is 46.1 Å². The standard InChI is InChI=1S/C10H18O5.C4H10O3/c1-5-6-7-13-8(11)14-9(12)15-10(2,3)4;5-1-3-7-4-2-6/h5-7H2,1-4H3;5-6H,1-4H2. The molecule has 22 heavy (non-hydrogen) atoms. The summed E-state index contributed by atoms with van der Waals surface area (Å²) in [6.45, 7) is 7.94. The monoisotopic (exact) mass is 324 g/mol. The molecule has 0 heterocycles. The predicted molar refractivity (Wildman–Crippen MR) is 78.6 cm³/mol. The van der Waals surface area contributed by atoms with Gasteiger partial charge in [0, 0.05) is 0 Å². The van der Waals surface area contributed by atoms with Gasteiger partial charge < -0.3 is 29.2 Å². The Morgan fingerprint density at radius 1 is 0.955 bits per heavy atom. The van der Waals surface area contributed by atoms with Gasteiger partial charge in [-0.25, -0.2) is 9.59 Å². The molecule has 0 aromatic rings.